The molecule has 0 bridgehead atoms. The standard InChI is InChI=1S/C14H18Cl3FO2/c1-14(2)9(8-10(15)16)12(14)13(19)20-7-5-3-4-6-11(17)18/h6,8-9,12H,3-5,7H2,1-2H3/b11-6-/t9-,12-/m0/s1. The predicted molar refractivity (Wildman–Crippen MR) is 80.4 cm³/mol. The molecule has 2 nitrogen and oxygen atoms in total. The van der Waals surface area contributed by atoms with Gasteiger partial charge in [0.05, 0.1) is 12.5 Å². The minimum atomic E-state index is -0.700. The zero-order chi connectivity index (χ0) is 15.3. The molecule has 20 heavy (non-hydrogen) atoms. The number of ether oxygens (including phenoxy) is 1. The van der Waals surface area contributed by atoms with E-state index in [9.17, 15) is 9.18 Å². The normalized spacial score (nSPS) is 24.2. The van der Waals surface area contributed by atoms with Crippen LogP contribution < -0.4 is 0 Å². The minimum absolute atomic E-state index is 0.0216. The average Bonchev–Trinajstić information content (AvgIpc) is 2.83. The van der Waals surface area contributed by atoms with E-state index in [1.54, 1.807) is 6.08 Å². The van der Waals surface area contributed by atoms with Crippen molar-refractivity contribution in [2.45, 2.75) is 33.1 Å². The van der Waals surface area contributed by atoms with Crippen molar-refractivity contribution in [1.82, 2.24) is 0 Å². The van der Waals surface area contributed by atoms with Gasteiger partial charge in [-0.1, -0.05) is 48.7 Å². The highest BCUT2D eigenvalue weighted by Gasteiger charge is 2.61. The monoisotopic (exact) mass is 342 g/mol. The fraction of sp³-hybridized carbons (Fsp3) is 0.643. The van der Waals surface area contributed by atoms with E-state index in [4.69, 9.17) is 39.5 Å². The Morgan fingerprint density at radius 2 is 1.95 bits per heavy atom. The van der Waals surface area contributed by atoms with Crippen LogP contribution in [0.25, 0.3) is 0 Å². The van der Waals surface area contributed by atoms with Crippen LogP contribution in [-0.4, -0.2) is 12.6 Å². The third kappa shape index (κ3) is 5.27. The summed E-state index contributed by atoms with van der Waals surface area (Å²) in [5, 5.41) is -0.700. The Balaban J connectivity index is 2.27. The summed E-state index contributed by atoms with van der Waals surface area (Å²) in [6.45, 7) is 4.28. The minimum Gasteiger partial charge on any atom is -0.465 e. The summed E-state index contributed by atoms with van der Waals surface area (Å²) in [5.74, 6) is -0.409. The highest BCUT2D eigenvalue weighted by molar-refractivity contribution is 6.55. The second-order valence-corrected chi connectivity index (χ2v) is 6.81. The first-order chi connectivity index (χ1) is 9.26. The van der Waals surface area contributed by atoms with Crippen molar-refractivity contribution in [1.29, 1.82) is 0 Å². The quantitative estimate of drug-likeness (QED) is 0.460. The summed E-state index contributed by atoms with van der Waals surface area (Å²) in [5.41, 5.74) is -0.170. The molecule has 6 heteroatoms. The van der Waals surface area contributed by atoms with Crippen molar-refractivity contribution >= 4 is 40.8 Å². The van der Waals surface area contributed by atoms with Gasteiger partial charge in [0.15, 0.2) is 5.29 Å². The number of esters is 1. The maximum Gasteiger partial charge on any atom is 0.310 e. The molecule has 0 spiro atoms. The van der Waals surface area contributed by atoms with E-state index in [-0.39, 0.29) is 27.7 Å². The number of halogens is 4. The van der Waals surface area contributed by atoms with Crippen molar-refractivity contribution in [3.63, 3.8) is 0 Å². The van der Waals surface area contributed by atoms with Gasteiger partial charge in [-0.2, -0.15) is 4.39 Å². The van der Waals surface area contributed by atoms with Crippen molar-refractivity contribution in [3.8, 4) is 0 Å². The van der Waals surface area contributed by atoms with Crippen LogP contribution in [0.3, 0.4) is 0 Å². The maximum atomic E-state index is 12.2. The Kier molecular flexibility index (Phi) is 6.83. The van der Waals surface area contributed by atoms with Crippen molar-refractivity contribution in [3.05, 3.63) is 21.9 Å². The highest BCUT2D eigenvalue weighted by atomic mass is 35.5. The zero-order valence-corrected chi connectivity index (χ0v) is 13.7. The lowest BCUT2D eigenvalue weighted by atomic mass is 10.1. The van der Waals surface area contributed by atoms with Crippen LogP contribution >= 0.6 is 34.8 Å². The molecule has 1 aliphatic rings. The summed E-state index contributed by atoms with van der Waals surface area (Å²) in [4.78, 5) is 11.9. The third-order valence-corrected chi connectivity index (χ3v) is 4.02. The molecule has 1 rings (SSSR count). The average molecular weight is 344 g/mol. The van der Waals surface area contributed by atoms with Crippen molar-refractivity contribution in [2.24, 2.45) is 17.3 Å². The highest BCUT2D eigenvalue weighted by Crippen LogP contribution is 2.60. The lowest BCUT2D eigenvalue weighted by Gasteiger charge is -2.05. The Labute approximate surface area is 133 Å². The molecule has 1 aliphatic carbocycles. The molecule has 0 saturated heterocycles. The van der Waals surface area contributed by atoms with E-state index < -0.39 is 5.29 Å². The Hall–Kier alpha value is -0.250. The SMILES string of the molecule is CC1(C)[C@H](C(=O)OCCCC/C=C(\F)Cl)[C@@H]1C=C(Cl)Cl. The molecular weight excluding hydrogens is 326 g/mol. The molecule has 0 amide bonds. The van der Waals surface area contributed by atoms with Crippen molar-refractivity contribution in [2.75, 3.05) is 6.61 Å². The van der Waals surface area contributed by atoms with Crippen LogP contribution in [0.5, 0.6) is 0 Å². The van der Waals surface area contributed by atoms with Gasteiger partial charge in [-0.3, -0.25) is 4.79 Å². The number of rotatable bonds is 7. The fourth-order valence-corrected chi connectivity index (χ4v) is 2.68. The van der Waals surface area contributed by atoms with Gasteiger partial charge < -0.3 is 4.74 Å². The van der Waals surface area contributed by atoms with Gasteiger partial charge in [0.1, 0.15) is 4.49 Å². The van der Waals surface area contributed by atoms with Crippen molar-refractivity contribution < 1.29 is 13.9 Å². The summed E-state index contributed by atoms with van der Waals surface area (Å²) in [6.07, 6.45) is 4.92. The maximum absolute atomic E-state index is 12.2. The summed E-state index contributed by atoms with van der Waals surface area (Å²) in [7, 11) is 0. The van der Waals surface area contributed by atoms with Crippen LogP contribution in [-0.2, 0) is 9.53 Å². The lowest BCUT2D eigenvalue weighted by molar-refractivity contribution is -0.146. The van der Waals surface area contributed by atoms with E-state index in [0.717, 1.165) is 6.42 Å². The fourth-order valence-electron chi connectivity index (χ4n) is 2.29. The smallest absolute Gasteiger partial charge is 0.310 e. The molecule has 1 fully saturated rings. The molecule has 0 aliphatic heterocycles. The van der Waals surface area contributed by atoms with E-state index in [1.807, 2.05) is 13.8 Å². The number of hydrogen-bond acceptors (Lipinski definition) is 2. The van der Waals surface area contributed by atoms with Crippen LogP contribution in [0.2, 0.25) is 0 Å². The molecule has 0 aromatic carbocycles. The molecule has 0 N–H and O–H groups in total. The van der Waals surface area contributed by atoms with Crippen LogP contribution in [0.4, 0.5) is 4.39 Å². The Morgan fingerprint density at radius 3 is 2.50 bits per heavy atom. The number of carbonyl (C=O) groups excluding carboxylic acids is 1. The second-order valence-electron chi connectivity index (χ2n) is 5.44. The van der Waals surface area contributed by atoms with E-state index in [2.05, 4.69) is 0 Å². The number of unbranched alkanes of at least 4 members (excludes halogenated alkanes) is 2. The predicted octanol–water partition coefficient (Wildman–Crippen LogP) is 5.34. The van der Waals surface area contributed by atoms with Crippen LogP contribution in [0.15, 0.2) is 21.9 Å². The molecule has 0 aromatic heterocycles. The van der Waals surface area contributed by atoms with Gasteiger partial charge in [-0.05, 0) is 42.7 Å². The molecule has 0 radical (unpaired) electrons. The van der Waals surface area contributed by atoms with Gasteiger partial charge in [-0.15, -0.1) is 0 Å². The summed E-state index contributed by atoms with van der Waals surface area (Å²) < 4.78 is 17.6. The molecule has 114 valence electrons. The van der Waals surface area contributed by atoms with Gasteiger partial charge in [0.25, 0.3) is 0 Å². The largest absolute Gasteiger partial charge is 0.465 e. The molecule has 0 unspecified atom stereocenters. The van der Waals surface area contributed by atoms with Crippen LogP contribution in [0.1, 0.15) is 33.1 Å². The first-order valence-corrected chi connectivity index (χ1v) is 7.61. The van der Waals surface area contributed by atoms with Gasteiger partial charge in [0.2, 0.25) is 0 Å². The topological polar surface area (TPSA) is 26.3 Å². The van der Waals surface area contributed by atoms with E-state index in [0.29, 0.717) is 19.4 Å². The summed E-state index contributed by atoms with van der Waals surface area (Å²) >= 11 is 16.3. The van der Waals surface area contributed by atoms with Gasteiger partial charge >= 0.3 is 5.97 Å². The first-order valence-electron chi connectivity index (χ1n) is 6.47. The number of hydrogen-bond donors (Lipinski definition) is 0. The molecule has 0 heterocycles. The first kappa shape index (κ1) is 17.8. The zero-order valence-electron chi connectivity index (χ0n) is 11.5. The molecule has 0 aromatic rings. The summed E-state index contributed by atoms with van der Waals surface area (Å²) in [6, 6.07) is 0. The number of allylic oxidation sites excluding steroid dienone is 2. The van der Waals surface area contributed by atoms with Gasteiger partial charge in [-0.25, -0.2) is 0 Å². The van der Waals surface area contributed by atoms with E-state index >= 15 is 0 Å². The van der Waals surface area contributed by atoms with Crippen LogP contribution in [0, 0.1) is 17.3 Å². The second kappa shape index (κ2) is 7.67. The Bertz CT molecular complexity index is 411. The van der Waals surface area contributed by atoms with Gasteiger partial charge in [0, 0.05) is 0 Å². The lowest BCUT2D eigenvalue weighted by Crippen LogP contribution is -2.11. The molecule has 2 atom stereocenters. The molecule has 1 saturated carbocycles. The number of carbonyl (C=O) groups is 1. The molecular formula is C14H18Cl3FO2. The third-order valence-electron chi connectivity index (χ3n) is 3.61. The van der Waals surface area contributed by atoms with E-state index in [1.165, 1.54) is 6.08 Å². The Morgan fingerprint density at radius 1 is 1.30 bits per heavy atom.